The Balaban J connectivity index is -0.00000000762. The third-order valence-corrected chi connectivity index (χ3v) is 0. The summed E-state index contributed by atoms with van der Waals surface area (Å²) in [5.41, 5.74) is 0. The molecule has 9 heavy (non-hydrogen) atoms. The van der Waals surface area contributed by atoms with Gasteiger partial charge in [-0.1, -0.05) is 0 Å². The maximum Gasteiger partial charge on any atom is 0.0319 e. The van der Waals surface area contributed by atoms with Crippen LogP contribution in [0.4, 0.5) is 0 Å². The van der Waals surface area contributed by atoms with Crippen LogP contribution >= 0.6 is 0 Å². The minimum atomic E-state index is 0. The molecule has 0 unspecified atom stereocenters. The fourth-order valence-electron chi connectivity index (χ4n) is 0. The van der Waals surface area contributed by atoms with Crippen molar-refractivity contribution in [2.24, 2.45) is 0 Å². The summed E-state index contributed by atoms with van der Waals surface area (Å²) in [7, 11) is 3.00. The number of aliphatic hydroxyl groups excluding tert-OH is 3. The van der Waals surface area contributed by atoms with Crippen LogP contribution < -0.4 is 0 Å². The van der Waals surface area contributed by atoms with Gasteiger partial charge in [0.15, 0.2) is 0 Å². The van der Waals surface area contributed by atoms with Gasteiger partial charge in [-0.3, -0.25) is 0 Å². The molecular formula is C5H17O3Zr-. The summed E-state index contributed by atoms with van der Waals surface area (Å²) in [6.07, 6.45) is 0. The predicted octanol–water partition coefficient (Wildman–Crippen LogP) is -0.337. The zero-order chi connectivity index (χ0) is 8.00. The molecule has 0 saturated heterocycles. The molecule has 0 aliphatic heterocycles. The first-order valence-corrected chi connectivity index (χ1v) is 2.05. The van der Waals surface area contributed by atoms with E-state index in [9.17, 15) is 0 Å². The molecule has 0 aromatic carbocycles. The van der Waals surface area contributed by atoms with Gasteiger partial charge in [0.2, 0.25) is 0 Å². The fourth-order valence-corrected chi connectivity index (χ4v) is 0. The molecule has 0 bridgehead atoms. The van der Waals surface area contributed by atoms with Gasteiger partial charge in [0.1, 0.15) is 0 Å². The van der Waals surface area contributed by atoms with Crippen molar-refractivity contribution in [2.75, 3.05) is 21.3 Å². The fraction of sp³-hybridized carbons (Fsp3) is 0.800. The summed E-state index contributed by atoms with van der Waals surface area (Å²) in [6, 6.07) is 0. The minimum Gasteiger partial charge on any atom is -0.400 e. The molecule has 0 aromatic rings. The summed E-state index contributed by atoms with van der Waals surface area (Å²) in [6.45, 7) is 5.00. The minimum absolute atomic E-state index is 0. The standard InChI is InChI=1S/C2H5.3CH4O.Zr/c4*1-2;/h1H2,2H3;3*2H,1H3;/q-1;;;;. The van der Waals surface area contributed by atoms with Gasteiger partial charge < -0.3 is 22.2 Å². The van der Waals surface area contributed by atoms with E-state index < -0.39 is 0 Å². The zero-order valence-electron chi connectivity index (χ0n) is 6.55. The molecule has 3 nitrogen and oxygen atoms in total. The van der Waals surface area contributed by atoms with Crippen LogP contribution in [0.3, 0.4) is 0 Å². The van der Waals surface area contributed by atoms with Gasteiger partial charge in [0.25, 0.3) is 0 Å². The van der Waals surface area contributed by atoms with Gasteiger partial charge in [-0.25, -0.2) is 0 Å². The Morgan fingerprint density at radius 1 is 0.667 bits per heavy atom. The number of hydrogen-bond donors (Lipinski definition) is 3. The predicted molar refractivity (Wildman–Crippen MR) is 35.5 cm³/mol. The number of aliphatic hydroxyl groups is 3. The zero-order valence-corrected chi connectivity index (χ0v) is 9.01. The molecular weight excluding hydrogens is 199 g/mol. The van der Waals surface area contributed by atoms with Crippen LogP contribution in [0.15, 0.2) is 0 Å². The molecule has 0 rings (SSSR count). The van der Waals surface area contributed by atoms with E-state index >= 15 is 0 Å². The van der Waals surface area contributed by atoms with Crippen molar-refractivity contribution >= 4 is 0 Å². The van der Waals surface area contributed by atoms with Crippen LogP contribution in [-0.4, -0.2) is 36.6 Å². The van der Waals surface area contributed by atoms with Crippen molar-refractivity contribution in [3.8, 4) is 0 Å². The van der Waals surface area contributed by atoms with Crippen molar-refractivity contribution in [1.82, 2.24) is 0 Å². The second kappa shape index (κ2) is 907. The molecule has 0 aliphatic carbocycles. The van der Waals surface area contributed by atoms with Gasteiger partial charge >= 0.3 is 0 Å². The van der Waals surface area contributed by atoms with E-state index in [2.05, 4.69) is 6.92 Å². The Kier molecular flexibility index (Phi) is 3330. The molecule has 0 fully saturated rings. The second-order valence-electron chi connectivity index (χ2n) is 0. The topological polar surface area (TPSA) is 60.7 Å². The smallest absolute Gasteiger partial charge is 0.0319 e. The first-order chi connectivity index (χ1) is 4.00. The second-order valence-corrected chi connectivity index (χ2v) is 0. The Morgan fingerprint density at radius 2 is 0.667 bits per heavy atom. The van der Waals surface area contributed by atoms with E-state index in [1.807, 2.05) is 0 Å². The van der Waals surface area contributed by atoms with Gasteiger partial charge in [-0.05, 0) is 0 Å². The van der Waals surface area contributed by atoms with Gasteiger partial charge in [-0.15, -0.1) is 0 Å². The molecule has 60 valence electrons. The SMILES string of the molecule is CO.CO.CO.[CH2-]C.[Zr]. The van der Waals surface area contributed by atoms with E-state index in [1.54, 1.807) is 6.92 Å². The summed E-state index contributed by atoms with van der Waals surface area (Å²) in [5, 5.41) is 21.0. The molecule has 0 atom stereocenters. The summed E-state index contributed by atoms with van der Waals surface area (Å²) < 4.78 is 0. The Morgan fingerprint density at radius 3 is 0.667 bits per heavy atom. The maximum absolute atomic E-state index is 7.00. The summed E-state index contributed by atoms with van der Waals surface area (Å²) in [5.74, 6) is 0. The van der Waals surface area contributed by atoms with Crippen molar-refractivity contribution < 1.29 is 41.5 Å². The van der Waals surface area contributed by atoms with Crippen molar-refractivity contribution in [3.63, 3.8) is 0 Å². The Bertz CT molecular complexity index is 12.2. The van der Waals surface area contributed by atoms with E-state index in [0.717, 1.165) is 21.3 Å². The van der Waals surface area contributed by atoms with Gasteiger partial charge in [0.05, 0.1) is 0 Å². The van der Waals surface area contributed by atoms with Crippen LogP contribution in [0.5, 0.6) is 0 Å². The molecule has 0 aromatic heterocycles. The molecule has 0 amide bonds. The van der Waals surface area contributed by atoms with E-state index in [4.69, 9.17) is 15.3 Å². The van der Waals surface area contributed by atoms with Crippen LogP contribution in [0.25, 0.3) is 0 Å². The van der Waals surface area contributed by atoms with Crippen LogP contribution in [0.2, 0.25) is 0 Å². The van der Waals surface area contributed by atoms with Crippen molar-refractivity contribution in [2.45, 2.75) is 6.92 Å². The monoisotopic (exact) mass is 215 g/mol. The molecule has 0 spiro atoms. The Labute approximate surface area is 76.8 Å². The summed E-state index contributed by atoms with van der Waals surface area (Å²) >= 11 is 0. The summed E-state index contributed by atoms with van der Waals surface area (Å²) in [4.78, 5) is 0. The van der Waals surface area contributed by atoms with E-state index in [0.29, 0.717) is 0 Å². The van der Waals surface area contributed by atoms with Crippen molar-refractivity contribution in [3.05, 3.63) is 6.92 Å². The average molecular weight is 216 g/mol. The molecule has 0 saturated carbocycles. The van der Waals surface area contributed by atoms with E-state index in [1.165, 1.54) is 0 Å². The van der Waals surface area contributed by atoms with Crippen LogP contribution in [0.1, 0.15) is 6.92 Å². The van der Waals surface area contributed by atoms with Gasteiger partial charge in [-0.2, -0.15) is 6.92 Å². The third-order valence-electron chi connectivity index (χ3n) is 0. The first-order valence-electron chi connectivity index (χ1n) is 2.05. The number of hydrogen-bond acceptors (Lipinski definition) is 3. The third kappa shape index (κ3) is 688. The number of rotatable bonds is 0. The quantitative estimate of drug-likeness (QED) is 0.486. The molecule has 0 aliphatic rings. The normalized spacial score (nSPS) is 2.67. The average Bonchev–Trinajstić information content (AvgIpc) is 2.03. The molecule has 0 heterocycles. The molecule has 4 heteroatoms. The maximum atomic E-state index is 7.00. The molecule has 3 N–H and O–H groups in total. The van der Waals surface area contributed by atoms with Crippen LogP contribution in [-0.2, 0) is 26.2 Å². The van der Waals surface area contributed by atoms with Crippen molar-refractivity contribution in [1.29, 1.82) is 0 Å². The van der Waals surface area contributed by atoms with Gasteiger partial charge in [0, 0.05) is 47.5 Å². The Hall–Kier alpha value is 0.763. The molecule has 0 radical (unpaired) electrons. The largest absolute Gasteiger partial charge is 0.400 e. The van der Waals surface area contributed by atoms with E-state index in [-0.39, 0.29) is 26.2 Å². The first kappa shape index (κ1) is 33.0. The van der Waals surface area contributed by atoms with Crippen LogP contribution in [0, 0.1) is 6.92 Å².